The Labute approximate surface area is 122 Å². The molecule has 2 N–H and O–H groups in total. The molecule has 2 amide bonds. The van der Waals surface area contributed by atoms with Crippen LogP contribution in [-0.2, 0) is 9.59 Å². The molecule has 1 aromatic carbocycles. The van der Waals surface area contributed by atoms with Crippen molar-refractivity contribution in [2.75, 3.05) is 12.4 Å². The summed E-state index contributed by atoms with van der Waals surface area (Å²) in [4.78, 5) is 27.7. The van der Waals surface area contributed by atoms with Crippen LogP contribution in [0.25, 0.3) is 0 Å². The molecule has 1 fully saturated rings. The van der Waals surface area contributed by atoms with E-state index < -0.39 is 5.25 Å². The van der Waals surface area contributed by atoms with Gasteiger partial charge >= 0.3 is 0 Å². The normalized spacial score (nSPS) is 20.1. The fourth-order valence-corrected chi connectivity index (χ4v) is 2.95. The molecular weight excluding hydrogens is 274 g/mol. The van der Waals surface area contributed by atoms with Crippen LogP contribution in [0, 0.1) is 13.8 Å². The molecule has 1 saturated heterocycles. The minimum atomic E-state index is -0.405. The number of amidine groups is 1. The number of nitrogens with one attached hydrogen (secondary N) is 2. The van der Waals surface area contributed by atoms with Crippen LogP contribution in [0.1, 0.15) is 17.5 Å². The van der Waals surface area contributed by atoms with Crippen LogP contribution in [-0.4, -0.2) is 29.3 Å². The Morgan fingerprint density at radius 1 is 1.40 bits per heavy atom. The molecular formula is C14H17N3O2S. The van der Waals surface area contributed by atoms with E-state index in [9.17, 15) is 9.59 Å². The summed E-state index contributed by atoms with van der Waals surface area (Å²) in [5, 5.41) is 5.69. The lowest BCUT2D eigenvalue weighted by molar-refractivity contribution is -0.122. The molecule has 0 unspecified atom stereocenters. The van der Waals surface area contributed by atoms with Crippen LogP contribution in [0.5, 0.6) is 0 Å². The largest absolute Gasteiger partial charge is 0.326 e. The highest BCUT2D eigenvalue weighted by molar-refractivity contribution is 8.15. The van der Waals surface area contributed by atoms with E-state index in [-0.39, 0.29) is 18.2 Å². The number of carbonyl (C=O) groups is 2. The van der Waals surface area contributed by atoms with Gasteiger partial charge in [-0.25, -0.2) is 0 Å². The van der Waals surface area contributed by atoms with E-state index in [1.54, 1.807) is 7.05 Å². The predicted molar refractivity (Wildman–Crippen MR) is 82.0 cm³/mol. The number of amides is 2. The van der Waals surface area contributed by atoms with Crippen LogP contribution < -0.4 is 10.6 Å². The molecule has 0 aromatic heterocycles. The SMILES string of the molecule is CN=C1NC(=O)[C@@H](CC(=O)Nc2c(C)cccc2C)S1. The number of thioether (sulfide) groups is 1. The Bertz CT molecular complexity index is 564. The average Bonchev–Trinajstić information content (AvgIpc) is 2.75. The topological polar surface area (TPSA) is 70.6 Å². The van der Waals surface area contributed by atoms with Crippen molar-refractivity contribution in [3.05, 3.63) is 29.3 Å². The smallest absolute Gasteiger partial charge is 0.240 e. The standard InChI is InChI=1S/C14H17N3O2S/c1-8-5-4-6-9(2)12(8)16-11(18)7-10-13(19)17-14(15-3)20-10/h4-6,10H,7H2,1-3H3,(H,16,18)(H,15,17,19)/t10-/m1/s1. The van der Waals surface area contributed by atoms with Crippen molar-refractivity contribution < 1.29 is 9.59 Å². The van der Waals surface area contributed by atoms with Crippen LogP contribution in [0.4, 0.5) is 5.69 Å². The maximum absolute atomic E-state index is 12.1. The number of aryl methyl sites for hydroxylation is 2. The van der Waals surface area contributed by atoms with Crippen LogP contribution in [0.15, 0.2) is 23.2 Å². The fraction of sp³-hybridized carbons (Fsp3) is 0.357. The summed E-state index contributed by atoms with van der Waals surface area (Å²) in [7, 11) is 1.61. The first kappa shape index (κ1) is 14.6. The Hall–Kier alpha value is -1.82. The van der Waals surface area contributed by atoms with Crippen molar-refractivity contribution in [1.82, 2.24) is 5.32 Å². The summed E-state index contributed by atoms with van der Waals surface area (Å²) in [6.07, 6.45) is 0.142. The quantitative estimate of drug-likeness (QED) is 0.893. The molecule has 1 heterocycles. The van der Waals surface area contributed by atoms with Gasteiger partial charge in [-0.15, -0.1) is 0 Å². The van der Waals surface area contributed by atoms with Crippen molar-refractivity contribution in [3.8, 4) is 0 Å². The highest BCUT2D eigenvalue weighted by Gasteiger charge is 2.31. The summed E-state index contributed by atoms with van der Waals surface area (Å²) in [5.41, 5.74) is 2.85. The van der Waals surface area contributed by atoms with E-state index in [0.717, 1.165) is 16.8 Å². The van der Waals surface area contributed by atoms with Crippen molar-refractivity contribution in [2.45, 2.75) is 25.5 Å². The van der Waals surface area contributed by atoms with E-state index in [2.05, 4.69) is 15.6 Å². The first-order valence-corrected chi connectivity index (χ1v) is 7.19. The maximum atomic E-state index is 12.1. The zero-order chi connectivity index (χ0) is 14.7. The van der Waals surface area contributed by atoms with E-state index in [4.69, 9.17) is 0 Å². The molecule has 0 saturated carbocycles. The van der Waals surface area contributed by atoms with Crippen molar-refractivity contribution in [2.24, 2.45) is 4.99 Å². The molecule has 2 rings (SSSR count). The number of nitrogens with zero attached hydrogens (tertiary/aromatic N) is 1. The molecule has 0 aliphatic carbocycles. The van der Waals surface area contributed by atoms with Crippen molar-refractivity contribution in [1.29, 1.82) is 0 Å². The second-order valence-electron chi connectivity index (χ2n) is 4.64. The molecule has 1 aliphatic rings. The number of aliphatic imine (C=N–C) groups is 1. The molecule has 0 bridgehead atoms. The average molecular weight is 291 g/mol. The lowest BCUT2D eigenvalue weighted by Crippen LogP contribution is -2.28. The van der Waals surface area contributed by atoms with Gasteiger partial charge in [-0.1, -0.05) is 30.0 Å². The minimum Gasteiger partial charge on any atom is -0.326 e. The number of para-hydroxylation sites is 1. The van der Waals surface area contributed by atoms with E-state index in [1.165, 1.54) is 11.8 Å². The van der Waals surface area contributed by atoms with Crippen molar-refractivity contribution >= 4 is 34.4 Å². The van der Waals surface area contributed by atoms with Crippen LogP contribution in [0.2, 0.25) is 0 Å². The second kappa shape index (κ2) is 6.09. The van der Waals surface area contributed by atoms with Crippen LogP contribution in [0.3, 0.4) is 0 Å². The van der Waals surface area contributed by atoms with Gasteiger partial charge in [0.1, 0.15) is 5.25 Å². The number of anilines is 1. The summed E-state index contributed by atoms with van der Waals surface area (Å²) < 4.78 is 0. The fourth-order valence-electron chi connectivity index (χ4n) is 2.02. The summed E-state index contributed by atoms with van der Waals surface area (Å²) in [5.74, 6) is -0.320. The molecule has 1 aliphatic heterocycles. The van der Waals surface area contributed by atoms with Gasteiger partial charge < -0.3 is 10.6 Å². The van der Waals surface area contributed by atoms with Crippen LogP contribution >= 0.6 is 11.8 Å². The van der Waals surface area contributed by atoms with Gasteiger partial charge in [0.2, 0.25) is 11.8 Å². The Morgan fingerprint density at radius 3 is 2.60 bits per heavy atom. The summed E-state index contributed by atoms with van der Waals surface area (Å²) in [6, 6.07) is 5.84. The molecule has 106 valence electrons. The third kappa shape index (κ3) is 3.19. The summed E-state index contributed by atoms with van der Waals surface area (Å²) >= 11 is 1.29. The van der Waals surface area contributed by atoms with Gasteiger partial charge in [0, 0.05) is 19.2 Å². The maximum Gasteiger partial charge on any atom is 0.240 e. The second-order valence-corrected chi connectivity index (χ2v) is 5.84. The molecule has 1 atom stereocenters. The highest BCUT2D eigenvalue weighted by Crippen LogP contribution is 2.24. The minimum absolute atomic E-state index is 0.142. The molecule has 1 aromatic rings. The zero-order valence-corrected chi connectivity index (χ0v) is 12.5. The number of hydrogen-bond acceptors (Lipinski definition) is 4. The summed E-state index contributed by atoms with van der Waals surface area (Å²) in [6.45, 7) is 3.89. The Kier molecular flexibility index (Phi) is 4.44. The highest BCUT2D eigenvalue weighted by atomic mass is 32.2. The number of carbonyl (C=O) groups excluding carboxylic acids is 2. The van der Waals surface area contributed by atoms with Gasteiger partial charge in [0.25, 0.3) is 0 Å². The van der Waals surface area contributed by atoms with Gasteiger partial charge in [0.15, 0.2) is 5.17 Å². The van der Waals surface area contributed by atoms with Gasteiger partial charge in [-0.3, -0.25) is 14.6 Å². The number of rotatable bonds is 3. The third-order valence-electron chi connectivity index (χ3n) is 3.10. The van der Waals surface area contributed by atoms with Gasteiger partial charge in [-0.05, 0) is 25.0 Å². The lowest BCUT2D eigenvalue weighted by Gasteiger charge is -2.12. The molecule has 5 nitrogen and oxygen atoms in total. The van der Waals surface area contributed by atoms with E-state index >= 15 is 0 Å². The first-order valence-electron chi connectivity index (χ1n) is 6.31. The number of hydrogen-bond donors (Lipinski definition) is 2. The lowest BCUT2D eigenvalue weighted by atomic mass is 10.1. The van der Waals surface area contributed by atoms with Crippen molar-refractivity contribution in [3.63, 3.8) is 0 Å². The molecule has 0 radical (unpaired) electrons. The Morgan fingerprint density at radius 2 is 2.05 bits per heavy atom. The monoisotopic (exact) mass is 291 g/mol. The Balaban J connectivity index is 2.02. The van der Waals surface area contributed by atoms with Gasteiger partial charge in [-0.2, -0.15) is 0 Å². The number of benzene rings is 1. The molecule has 20 heavy (non-hydrogen) atoms. The molecule has 0 spiro atoms. The van der Waals surface area contributed by atoms with Gasteiger partial charge in [0.05, 0.1) is 0 Å². The molecule has 6 heteroatoms. The van der Waals surface area contributed by atoms with E-state index in [0.29, 0.717) is 5.17 Å². The van der Waals surface area contributed by atoms with E-state index in [1.807, 2.05) is 32.0 Å². The first-order chi connectivity index (χ1) is 9.51. The predicted octanol–water partition coefficient (Wildman–Crippen LogP) is 1.85. The third-order valence-corrected chi connectivity index (χ3v) is 4.27. The zero-order valence-electron chi connectivity index (χ0n) is 11.7.